The Morgan fingerprint density at radius 1 is 1.17 bits per heavy atom. The van der Waals surface area contributed by atoms with E-state index in [4.69, 9.17) is 10.5 Å². The van der Waals surface area contributed by atoms with Gasteiger partial charge in [-0.2, -0.15) is 0 Å². The summed E-state index contributed by atoms with van der Waals surface area (Å²) in [5.41, 5.74) is 6.14. The van der Waals surface area contributed by atoms with Crippen molar-refractivity contribution in [3.8, 4) is 5.88 Å². The Morgan fingerprint density at radius 2 is 1.94 bits per heavy atom. The van der Waals surface area contributed by atoms with Gasteiger partial charge in [-0.05, 0) is 30.4 Å². The first kappa shape index (κ1) is 11.5. The van der Waals surface area contributed by atoms with Crippen LogP contribution in [0.1, 0.15) is 25.7 Å². The van der Waals surface area contributed by atoms with Crippen molar-refractivity contribution in [1.29, 1.82) is 0 Å². The summed E-state index contributed by atoms with van der Waals surface area (Å²) in [6.07, 6.45) is 6.32. The van der Waals surface area contributed by atoms with E-state index in [1.165, 1.54) is 12.8 Å². The molecular formula is C15H18N2O. The predicted octanol–water partition coefficient (Wildman–Crippen LogP) is 2.89. The summed E-state index contributed by atoms with van der Waals surface area (Å²) in [6, 6.07) is 10.1. The van der Waals surface area contributed by atoms with E-state index < -0.39 is 0 Å². The zero-order valence-electron chi connectivity index (χ0n) is 10.4. The second-order valence-electron chi connectivity index (χ2n) is 5.20. The van der Waals surface area contributed by atoms with E-state index in [9.17, 15) is 0 Å². The molecule has 1 aliphatic carbocycles. The molecule has 3 nitrogen and oxygen atoms in total. The van der Waals surface area contributed by atoms with Gasteiger partial charge in [-0.3, -0.25) is 0 Å². The number of nitrogens with zero attached hydrogens (tertiary/aromatic N) is 1. The van der Waals surface area contributed by atoms with Crippen LogP contribution in [0.3, 0.4) is 0 Å². The van der Waals surface area contributed by atoms with Crippen LogP contribution in [0.2, 0.25) is 0 Å². The molecule has 1 aliphatic rings. The van der Waals surface area contributed by atoms with Crippen LogP contribution in [0.4, 0.5) is 0 Å². The van der Waals surface area contributed by atoms with Gasteiger partial charge in [-0.25, -0.2) is 4.98 Å². The average molecular weight is 242 g/mol. The fourth-order valence-corrected chi connectivity index (χ4v) is 2.64. The Kier molecular flexibility index (Phi) is 2.92. The lowest BCUT2D eigenvalue weighted by Crippen LogP contribution is -2.42. The van der Waals surface area contributed by atoms with Gasteiger partial charge in [0.05, 0.1) is 5.54 Å². The van der Waals surface area contributed by atoms with Gasteiger partial charge in [0.25, 0.3) is 0 Å². The minimum atomic E-state index is -0.154. The molecule has 1 heterocycles. The Balaban J connectivity index is 1.82. The Hall–Kier alpha value is -1.61. The molecule has 0 spiro atoms. The maximum Gasteiger partial charge on any atom is 0.221 e. The lowest BCUT2D eigenvalue weighted by molar-refractivity contribution is 0.216. The molecule has 0 radical (unpaired) electrons. The first-order valence-electron chi connectivity index (χ1n) is 6.52. The maximum absolute atomic E-state index is 6.30. The topological polar surface area (TPSA) is 48.1 Å². The molecule has 2 N–H and O–H groups in total. The van der Waals surface area contributed by atoms with E-state index in [1.807, 2.05) is 24.3 Å². The first-order chi connectivity index (χ1) is 8.77. The standard InChI is InChI=1S/C15H18N2O/c16-15(8-3-4-9-15)11-18-14-13-6-2-1-5-12(13)7-10-17-14/h1-2,5-7,10H,3-4,8-9,11,16H2. The number of rotatable bonds is 3. The number of hydrogen-bond acceptors (Lipinski definition) is 3. The molecule has 18 heavy (non-hydrogen) atoms. The molecule has 0 atom stereocenters. The van der Waals surface area contributed by atoms with Crippen LogP contribution < -0.4 is 10.5 Å². The summed E-state index contributed by atoms with van der Waals surface area (Å²) >= 11 is 0. The van der Waals surface area contributed by atoms with Crippen LogP contribution in [-0.4, -0.2) is 17.1 Å². The minimum absolute atomic E-state index is 0.154. The molecular weight excluding hydrogens is 224 g/mol. The summed E-state index contributed by atoms with van der Waals surface area (Å²) in [4.78, 5) is 4.32. The summed E-state index contributed by atoms with van der Waals surface area (Å²) < 4.78 is 5.87. The molecule has 3 rings (SSSR count). The number of fused-ring (bicyclic) bond motifs is 1. The van der Waals surface area contributed by atoms with Crippen LogP contribution in [0.5, 0.6) is 5.88 Å². The molecule has 1 aromatic heterocycles. The van der Waals surface area contributed by atoms with E-state index in [1.54, 1.807) is 6.20 Å². The molecule has 0 bridgehead atoms. The molecule has 1 fully saturated rings. The zero-order valence-corrected chi connectivity index (χ0v) is 10.4. The van der Waals surface area contributed by atoms with Gasteiger partial charge >= 0.3 is 0 Å². The van der Waals surface area contributed by atoms with E-state index in [2.05, 4.69) is 11.1 Å². The van der Waals surface area contributed by atoms with Crippen LogP contribution in [0, 0.1) is 0 Å². The number of ether oxygens (including phenoxy) is 1. The number of pyridine rings is 1. The largest absolute Gasteiger partial charge is 0.475 e. The van der Waals surface area contributed by atoms with Crippen molar-refractivity contribution in [2.75, 3.05) is 6.61 Å². The summed E-state index contributed by atoms with van der Waals surface area (Å²) in [6.45, 7) is 0.563. The van der Waals surface area contributed by atoms with E-state index in [0.717, 1.165) is 23.6 Å². The van der Waals surface area contributed by atoms with Crippen molar-refractivity contribution >= 4 is 10.8 Å². The van der Waals surface area contributed by atoms with E-state index in [-0.39, 0.29) is 5.54 Å². The number of benzene rings is 1. The smallest absolute Gasteiger partial charge is 0.221 e. The van der Waals surface area contributed by atoms with Gasteiger partial charge in [0.1, 0.15) is 6.61 Å². The molecule has 0 amide bonds. The highest BCUT2D eigenvalue weighted by Gasteiger charge is 2.30. The summed E-state index contributed by atoms with van der Waals surface area (Å²) in [5, 5.41) is 2.21. The van der Waals surface area contributed by atoms with Crippen LogP contribution in [0.25, 0.3) is 10.8 Å². The average Bonchev–Trinajstić information content (AvgIpc) is 2.84. The van der Waals surface area contributed by atoms with E-state index >= 15 is 0 Å². The first-order valence-corrected chi connectivity index (χ1v) is 6.52. The lowest BCUT2D eigenvalue weighted by atomic mass is 10.0. The van der Waals surface area contributed by atoms with Crippen molar-refractivity contribution in [3.63, 3.8) is 0 Å². The van der Waals surface area contributed by atoms with Gasteiger partial charge in [0.15, 0.2) is 0 Å². The monoisotopic (exact) mass is 242 g/mol. The maximum atomic E-state index is 6.30. The third-order valence-electron chi connectivity index (χ3n) is 3.73. The van der Waals surface area contributed by atoms with Crippen LogP contribution in [-0.2, 0) is 0 Å². The van der Waals surface area contributed by atoms with Gasteiger partial charge in [-0.15, -0.1) is 0 Å². The van der Waals surface area contributed by atoms with Crippen molar-refractivity contribution < 1.29 is 4.74 Å². The Labute approximate surface area is 107 Å². The second-order valence-corrected chi connectivity index (χ2v) is 5.20. The third kappa shape index (κ3) is 2.18. The SMILES string of the molecule is NC1(COc2nccc3ccccc23)CCCC1. The molecule has 0 unspecified atom stereocenters. The Bertz CT molecular complexity index is 542. The second kappa shape index (κ2) is 4.58. The summed E-state index contributed by atoms with van der Waals surface area (Å²) in [5.74, 6) is 0.699. The lowest BCUT2D eigenvalue weighted by Gasteiger charge is -2.23. The quantitative estimate of drug-likeness (QED) is 0.900. The fourth-order valence-electron chi connectivity index (χ4n) is 2.64. The fraction of sp³-hybridized carbons (Fsp3) is 0.400. The van der Waals surface area contributed by atoms with Crippen LogP contribution in [0.15, 0.2) is 36.5 Å². The summed E-state index contributed by atoms with van der Waals surface area (Å²) in [7, 11) is 0. The van der Waals surface area contributed by atoms with Gasteiger partial charge in [-0.1, -0.05) is 31.0 Å². The molecule has 1 saturated carbocycles. The molecule has 0 aliphatic heterocycles. The number of nitrogens with two attached hydrogens (primary N) is 1. The number of aromatic nitrogens is 1. The molecule has 3 heteroatoms. The molecule has 94 valence electrons. The predicted molar refractivity (Wildman–Crippen MR) is 72.6 cm³/mol. The highest BCUT2D eigenvalue weighted by atomic mass is 16.5. The van der Waals surface area contributed by atoms with Crippen molar-refractivity contribution in [3.05, 3.63) is 36.5 Å². The third-order valence-corrected chi connectivity index (χ3v) is 3.73. The minimum Gasteiger partial charge on any atom is -0.475 e. The van der Waals surface area contributed by atoms with Gasteiger partial charge in [0.2, 0.25) is 5.88 Å². The molecule has 0 saturated heterocycles. The van der Waals surface area contributed by atoms with Crippen molar-refractivity contribution in [2.45, 2.75) is 31.2 Å². The highest BCUT2D eigenvalue weighted by molar-refractivity contribution is 5.86. The normalized spacial score (nSPS) is 18.1. The molecule has 2 aromatic rings. The zero-order chi connectivity index (χ0) is 12.4. The Morgan fingerprint density at radius 3 is 2.78 bits per heavy atom. The van der Waals surface area contributed by atoms with E-state index in [0.29, 0.717) is 12.5 Å². The van der Waals surface area contributed by atoms with Crippen molar-refractivity contribution in [2.24, 2.45) is 5.73 Å². The van der Waals surface area contributed by atoms with Gasteiger partial charge in [0, 0.05) is 11.6 Å². The highest BCUT2D eigenvalue weighted by Crippen LogP contribution is 2.29. The van der Waals surface area contributed by atoms with Gasteiger partial charge < -0.3 is 10.5 Å². The molecule has 1 aromatic carbocycles. The van der Waals surface area contributed by atoms with Crippen LogP contribution >= 0.6 is 0 Å². The number of hydrogen-bond donors (Lipinski definition) is 1. The van der Waals surface area contributed by atoms with Crippen molar-refractivity contribution in [1.82, 2.24) is 4.98 Å².